The fraction of sp³-hybridized carbons (Fsp3) is 0.130. The molecule has 0 spiro atoms. The third-order valence-electron chi connectivity index (χ3n) is 4.70. The van der Waals surface area contributed by atoms with E-state index in [1.165, 1.54) is 18.5 Å². The number of nitrogens with zero attached hydrogens (tertiary/aromatic N) is 4. The van der Waals surface area contributed by atoms with E-state index in [1.807, 2.05) is 19.1 Å². The molecule has 0 fully saturated rings. The maximum atomic E-state index is 13.9. The first kappa shape index (κ1) is 19.9. The molecular formula is C23H19ClFN5. The monoisotopic (exact) mass is 419 g/mol. The summed E-state index contributed by atoms with van der Waals surface area (Å²) in [4.78, 5) is 17.1. The van der Waals surface area contributed by atoms with Crippen LogP contribution in [-0.4, -0.2) is 19.9 Å². The molecule has 1 N–H and O–H groups in total. The predicted molar refractivity (Wildman–Crippen MR) is 117 cm³/mol. The quantitative estimate of drug-likeness (QED) is 0.438. The molecule has 7 heteroatoms. The Hall–Kier alpha value is -3.38. The smallest absolute Gasteiger partial charge is 0.142 e. The van der Waals surface area contributed by atoms with Gasteiger partial charge in [0, 0.05) is 35.6 Å². The van der Waals surface area contributed by atoms with Crippen molar-refractivity contribution < 1.29 is 4.39 Å². The summed E-state index contributed by atoms with van der Waals surface area (Å²) < 4.78 is 13.9. The molecule has 2 heterocycles. The molecule has 1 atom stereocenters. The topological polar surface area (TPSA) is 63.6 Å². The normalized spacial score (nSPS) is 11.9. The average Bonchev–Trinajstić information content (AvgIpc) is 2.76. The molecule has 4 rings (SSSR count). The second kappa shape index (κ2) is 8.55. The Morgan fingerprint density at radius 1 is 0.933 bits per heavy atom. The molecule has 2 aromatic carbocycles. The van der Waals surface area contributed by atoms with Crippen LogP contribution < -0.4 is 5.32 Å². The summed E-state index contributed by atoms with van der Waals surface area (Å²) >= 11 is 5.80. The summed E-state index contributed by atoms with van der Waals surface area (Å²) in [5, 5.41) is 3.50. The van der Waals surface area contributed by atoms with Gasteiger partial charge in [-0.3, -0.25) is 0 Å². The number of nitrogens with one attached hydrogen (secondary N) is 1. The van der Waals surface area contributed by atoms with Crippen molar-refractivity contribution in [1.82, 2.24) is 19.9 Å². The minimum atomic E-state index is -0.477. The van der Waals surface area contributed by atoms with Gasteiger partial charge in [0.2, 0.25) is 0 Å². The molecule has 0 bridgehead atoms. The summed E-state index contributed by atoms with van der Waals surface area (Å²) in [6.07, 6.45) is 5.09. The number of rotatable bonds is 5. The van der Waals surface area contributed by atoms with Gasteiger partial charge in [0.1, 0.15) is 23.8 Å². The van der Waals surface area contributed by atoms with Crippen LogP contribution in [0, 0.1) is 12.7 Å². The number of benzene rings is 2. The van der Waals surface area contributed by atoms with E-state index in [9.17, 15) is 4.39 Å². The average molecular weight is 420 g/mol. The van der Waals surface area contributed by atoms with Crippen LogP contribution in [0.25, 0.3) is 22.4 Å². The molecular weight excluding hydrogens is 401 g/mol. The standard InChI is InChI=1S/C23H19ClFN5/c1-14(16-4-3-5-17(8-16)19-11-26-13-27-12-19)28-23-10-22(29-15(2)30-23)18-6-7-20(24)21(25)9-18/h3-14H,1-2H3,(H,28,29,30)/t14-/m0/s1. The maximum Gasteiger partial charge on any atom is 0.142 e. The van der Waals surface area contributed by atoms with Crippen LogP contribution >= 0.6 is 11.6 Å². The Labute approximate surface area is 179 Å². The Bertz CT molecular complexity index is 1180. The second-order valence-electron chi connectivity index (χ2n) is 6.93. The van der Waals surface area contributed by atoms with Gasteiger partial charge in [-0.25, -0.2) is 24.3 Å². The molecule has 0 saturated carbocycles. The number of hydrogen-bond donors (Lipinski definition) is 1. The van der Waals surface area contributed by atoms with Crippen molar-refractivity contribution >= 4 is 17.4 Å². The van der Waals surface area contributed by atoms with Crippen molar-refractivity contribution in [2.45, 2.75) is 19.9 Å². The summed E-state index contributed by atoms with van der Waals surface area (Å²) in [6, 6.07) is 14.6. The first-order valence-electron chi connectivity index (χ1n) is 9.42. The van der Waals surface area contributed by atoms with E-state index in [0.717, 1.165) is 16.7 Å². The summed E-state index contributed by atoms with van der Waals surface area (Å²) in [7, 11) is 0. The van der Waals surface area contributed by atoms with Crippen LogP contribution in [-0.2, 0) is 0 Å². The van der Waals surface area contributed by atoms with Crippen molar-refractivity contribution in [2.24, 2.45) is 0 Å². The molecule has 0 amide bonds. The van der Waals surface area contributed by atoms with E-state index in [-0.39, 0.29) is 11.1 Å². The highest BCUT2D eigenvalue weighted by Crippen LogP contribution is 2.27. The SMILES string of the molecule is Cc1nc(N[C@@H](C)c2cccc(-c3cncnc3)c2)cc(-c2ccc(Cl)c(F)c2)n1. The van der Waals surface area contributed by atoms with Crippen LogP contribution in [0.4, 0.5) is 10.2 Å². The fourth-order valence-corrected chi connectivity index (χ4v) is 3.30. The van der Waals surface area contributed by atoms with Crippen molar-refractivity contribution in [2.75, 3.05) is 5.32 Å². The zero-order chi connectivity index (χ0) is 21.1. The summed E-state index contributed by atoms with van der Waals surface area (Å²) in [6.45, 7) is 3.86. The molecule has 0 aliphatic rings. The van der Waals surface area contributed by atoms with Crippen molar-refractivity contribution in [3.05, 3.63) is 89.5 Å². The Morgan fingerprint density at radius 2 is 1.73 bits per heavy atom. The highest BCUT2D eigenvalue weighted by molar-refractivity contribution is 6.30. The molecule has 0 radical (unpaired) electrons. The molecule has 0 aliphatic heterocycles. The first-order valence-corrected chi connectivity index (χ1v) is 9.80. The maximum absolute atomic E-state index is 13.9. The van der Waals surface area contributed by atoms with E-state index < -0.39 is 5.82 Å². The number of hydrogen-bond acceptors (Lipinski definition) is 5. The molecule has 0 aliphatic carbocycles. The van der Waals surface area contributed by atoms with Gasteiger partial charge in [0.05, 0.1) is 10.7 Å². The Balaban J connectivity index is 1.60. The van der Waals surface area contributed by atoms with Gasteiger partial charge in [-0.05, 0) is 43.2 Å². The highest BCUT2D eigenvalue weighted by Gasteiger charge is 2.11. The van der Waals surface area contributed by atoms with E-state index >= 15 is 0 Å². The largest absolute Gasteiger partial charge is 0.363 e. The lowest BCUT2D eigenvalue weighted by Crippen LogP contribution is -2.09. The van der Waals surface area contributed by atoms with Crippen LogP contribution in [0.3, 0.4) is 0 Å². The third-order valence-corrected chi connectivity index (χ3v) is 5.00. The molecule has 0 saturated heterocycles. The number of anilines is 1. The van der Waals surface area contributed by atoms with Gasteiger partial charge in [-0.1, -0.05) is 35.9 Å². The van der Waals surface area contributed by atoms with Crippen LogP contribution in [0.15, 0.2) is 67.3 Å². The van der Waals surface area contributed by atoms with Gasteiger partial charge >= 0.3 is 0 Å². The zero-order valence-electron chi connectivity index (χ0n) is 16.5. The highest BCUT2D eigenvalue weighted by atomic mass is 35.5. The van der Waals surface area contributed by atoms with Gasteiger partial charge in [0.15, 0.2) is 0 Å². The van der Waals surface area contributed by atoms with Crippen LogP contribution in [0.1, 0.15) is 24.4 Å². The van der Waals surface area contributed by atoms with E-state index in [2.05, 4.69) is 44.3 Å². The number of halogens is 2. The fourth-order valence-electron chi connectivity index (χ4n) is 3.19. The Kier molecular flexibility index (Phi) is 5.68. The molecule has 150 valence electrons. The molecule has 4 aromatic rings. The lowest BCUT2D eigenvalue weighted by molar-refractivity contribution is 0.628. The van der Waals surface area contributed by atoms with Crippen molar-refractivity contribution in [3.8, 4) is 22.4 Å². The van der Waals surface area contributed by atoms with E-state index in [0.29, 0.717) is 22.9 Å². The van der Waals surface area contributed by atoms with Crippen molar-refractivity contribution in [3.63, 3.8) is 0 Å². The van der Waals surface area contributed by atoms with E-state index in [4.69, 9.17) is 11.6 Å². The molecule has 30 heavy (non-hydrogen) atoms. The predicted octanol–water partition coefficient (Wildman–Crippen LogP) is 5.87. The minimum absolute atomic E-state index is 0.0151. The van der Waals surface area contributed by atoms with E-state index in [1.54, 1.807) is 24.5 Å². The number of aryl methyl sites for hydroxylation is 1. The molecule has 5 nitrogen and oxygen atoms in total. The van der Waals surface area contributed by atoms with Gasteiger partial charge < -0.3 is 5.32 Å². The first-order chi connectivity index (χ1) is 14.5. The lowest BCUT2D eigenvalue weighted by atomic mass is 10.0. The third kappa shape index (κ3) is 4.44. The second-order valence-corrected chi connectivity index (χ2v) is 7.34. The molecule has 0 unspecified atom stereocenters. The van der Waals surface area contributed by atoms with Gasteiger partial charge in [-0.2, -0.15) is 0 Å². The van der Waals surface area contributed by atoms with Gasteiger partial charge in [-0.15, -0.1) is 0 Å². The lowest BCUT2D eigenvalue weighted by Gasteiger charge is -2.17. The van der Waals surface area contributed by atoms with Crippen LogP contribution in [0.5, 0.6) is 0 Å². The van der Waals surface area contributed by atoms with Gasteiger partial charge in [0.25, 0.3) is 0 Å². The minimum Gasteiger partial charge on any atom is -0.363 e. The van der Waals surface area contributed by atoms with Crippen LogP contribution in [0.2, 0.25) is 5.02 Å². The summed E-state index contributed by atoms with van der Waals surface area (Å²) in [5.41, 5.74) is 4.35. The Morgan fingerprint density at radius 3 is 2.50 bits per heavy atom. The van der Waals surface area contributed by atoms with Crippen molar-refractivity contribution in [1.29, 1.82) is 0 Å². The summed E-state index contributed by atoms with van der Waals surface area (Å²) in [5.74, 6) is 0.775. The molecule has 2 aromatic heterocycles. The zero-order valence-corrected chi connectivity index (χ0v) is 17.2. The number of aromatic nitrogens is 4.